The lowest BCUT2D eigenvalue weighted by Gasteiger charge is -2.08. The van der Waals surface area contributed by atoms with E-state index in [9.17, 15) is 10.1 Å². The van der Waals surface area contributed by atoms with Crippen molar-refractivity contribution in [2.45, 2.75) is 33.1 Å². The Morgan fingerprint density at radius 3 is 2.72 bits per heavy atom. The quantitative estimate of drug-likeness (QED) is 0.436. The normalized spacial score (nSPS) is 10.1. The van der Waals surface area contributed by atoms with Crippen molar-refractivity contribution in [3.8, 4) is 5.75 Å². The van der Waals surface area contributed by atoms with Crippen LogP contribution in [0.2, 0.25) is 0 Å². The summed E-state index contributed by atoms with van der Waals surface area (Å²) in [6.07, 6.45) is 3.27. The zero-order chi connectivity index (χ0) is 13.4. The van der Waals surface area contributed by atoms with Crippen LogP contribution in [0.4, 0.5) is 11.4 Å². The lowest BCUT2D eigenvalue weighted by Crippen LogP contribution is -2.04. The number of nitrogens with one attached hydrogen (secondary N) is 1. The Morgan fingerprint density at radius 2 is 2.11 bits per heavy atom. The summed E-state index contributed by atoms with van der Waals surface area (Å²) in [4.78, 5) is 10.6. The SMILES string of the molecule is CCCCCNc1ccc(OCC)cc1[N+](=O)[O-]. The number of nitro groups is 1. The van der Waals surface area contributed by atoms with Crippen LogP contribution in [0.15, 0.2) is 18.2 Å². The van der Waals surface area contributed by atoms with Crippen LogP contribution in [-0.4, -0.2) is 18.1 Å². The predicted octanol–water partition coefficient (Wildman–Crippen LogP) is 3.60. The topological polar surface area (TPSA) is 64.4 Å². The first kappa shape index (κ1) is 14.3. The number of ether oxygens (including phenoxy) is 1. The van der Waals surface area contributed by atoms with Crippen molar-refractivity contribution in [3.63, 3.8) is 0 Å². The molecule has 5 nitrogen and oxygen atoms in total. The molecule has 0 amide bonds. The molecule has 0 unspecified atom stereocenters. The van der Waals surface area contributed by atoms with Crippen molar-refractivity contribution in [1.82, 2.24) is 0 Å². The molecule has 0 aliphatic carbocycles. The zero-order valence-electron chi connectivity index (χ0n) is 10.9. The standard InChI is InChI=1S/C13H20N2O3/c1-3-5-6-9-14-12-8-7-11(18-4-2)10-13(12)15(16)17/h7-8,10,14H,3-6,9H2,1-2H3. The summed E-state index contributed by atoms with van der Waals surface area (Å²) in [5.41, 5.74) is 0.622. The molecule has 0 aliphatic heterocycles. The van der Waals surface area contributed by atoms with Gasteiger partial charge in [-0.15, -0.1) is 0 Å². The summed E-state index contributed by atoms with van der Waals surface area (Å²) in [6.45, 7) is 5.23. The number of hydrogen-bond acceptors (Lipinski definition) is 4. The molecule has 0 aromatic heterocycles. The first-order valence-electron chi connectivity index (χ1n) is 6.34. The highest BCUT2D eigenvalue weighted by atomic mass is 16.6. The van der Waals surface area contributed by atoms with Crippen LogP contribution in [0.3, 0.4) is 0 Å². The van der Waals surface area contributed by atoms with Crippen molar-refractivity contribution < 1.29 is 9.66 Å². The van der Waals surface area contributed by atoms with Gasteiger partial charge in [-0.25, -0.2) is 0 Å². The molecule has 0 saturated heterocycles. The maximum atomic E-state index is 11.0. The molecular formula is C13H20N2O3. The fraction of sp³-hybridized carbons (Fsp3) is 0.538. The second-order valence-corrected chi connectivity index (χ2v) is 4.00. The van der Waals surface area contributed by atoms with Crippen LogP contribution in [0.5, 0.6) is 5.75 Å². The molecule has 0 spiro atoms. The van der Waals surface area contributed by atoms with Crippen LogP contribution >= 0.6 is 0 Å². The number of nitro benzene ring substituents is 1. The highest BCUT2D eigenvalue weighted by Crippen LogP contribution is 2.29. The Kier molecular flexibility index (Phi) is 5.97. The molecule has 0 bridgehead atoms. The van der Waals surface area contributed by atoms with Gasteiger partial charge in [0.25, 0.3) is 5.69 Å². The van der Waals surface area contributed by atoms with E-state index in [-0.39, 0.29) is 10.6 Å². The van der Waals surface area contributed by atoms with Crippen molar-refractivity contribution in [2.75, 3.05) is 18.5 Å². The molecule has 1 aromatic carbocycles. The summed E-state index contributed by atoms with van der Waals surface area (Å²) >= 11 is 0. The van der Waals surface area contributed by atoms with Gasteiger partial charge in [0.05, 0.1) is 17.6 Å². The van der Waals surface area contributed by atoms with E-state index in [2.05, 4.69) is 12.2 Å². The average molecular weight is 252 g/mol. The molecule has 100 valence electrons. The Bertz CT molecular complexity index is 394. The largest absolute Gasteiger partial charge is 0.494 e. The number of anilines is 1. The summed E-state index contributed by atoms with van der Waals surface area (Å²) < 4.78 is 5.26. The number of benzene rings is 1. The Morgan fingerprint density at radius 1 is 1.33 bits per heavy atom. The zero-order valence-corrected chi connectivity index (χ0v) is 10.9. The summed E-state index contributed by atoms with van der Waals surface area (Å²) in [7, 11) is 0. The van der Waals surface area contributed by atoms with Gasteiger partial charge < -0.3 is 10.1 Å². The highest BCUT2D eigenvalue weighted by Gasteiger charge is 2.14. The minimum atomic E-state index is -0.384. The Hall–Kier alpha value is -1.78. The molecule has 0 heterocycles. The Balaban J connectivity index is 2.73. The van der Waals surface area contributed by atoms with E-state index in [0.29, 0.717) is 18.0 Å². The van der Waals surface area contributed by atoms with Crippen LogP contribution in [0.1, 0.15) is 33.1 Å². The molecule has 0 aliphatic rings. The maximum Gasteiger partial charge on any atom is 0.296 e. The molecule has 1 aromatic rings. The molecule has 18 heavy (non-hydrogen) atoms. The van der Waals surface area contributed by atoms with E-state index < -0.39 is 0 Å². The van der Waals surface area contributed by atoms with Gasteiger partial charge in [-0.3, -0.25) is 10.1 Å². The number of rotatable bonds is 8. The average Bonchev–Trinajstić information content (AvgIpc) is 2.36. The van der Waals surface area contributed by atoms with E-state index >= 15 is 0 Å². The number of hydrogen-bond donors (Lipinski definition) is 1. The van der Waals surface area contributed by atoms with Crippen molar-refractivity contribution in [2.24, 2.45) is 0 Å². The van der Waals surface area contributed by atoms with Gasteiger partial charge in [0, 0.05) is 6.54 Å². The summed E-state index contributed by atoms with van der Waals surface area (Å²) in [5, 5.41) is 14.1. The molecule has 1 N–H and O–H groups in total. The van der Waals surface area contributed by atoms with Crippen molar-refractivity contribution >= 4 is 11.4 Å². The predicted molar refractivity (Wildman–Crippen MR) is 72.3 cm³/mol. The van der Waals surface area contributed by atoms with E-state index in [4.69, 9.17) is 4.74 Å². The monoisotopic (exact) mass is 252 g/mol. The minimum Gasteiger partial charge on any atom is -0.494 e. The maximum absolute atomic E-state index is 11.0. The van der Waals surface area contributed by atoms with Crippen LogP contribution in [0.25, 0.3) is 0 Å². The van der Waals surface area contributed by atoms with Gasteiger partial charge in [0.1, 0.15) is 11.4 Å². The minimum absolute atomic E-state index is 0.0671. The third-order valence-corrected chi connectivity index (χ3v) is 2.57. The molecule has 0 atom stereocenters. The summed E-state index contributed by atoms with van der Waals surface area (Å²) in [5.74, 6) is 0.531. The molecule has 0 saturated carbocycles. The second kappa shape index (κ2) is 7.53. The third kappa shape index (κ3) is 4.24. The van der Waals surface area contributed by atoms with Crippen molar-refractivity contribution in [3.05, 3.63) is 28.3 Å². The van der Waals surface area contributed by atoms with E-state index in [1.54, 1.807) is 12.1 Å². The van der Waals surface area contributed by atoms with Gasteiger partial charge in [-0.1, -0.05) is 19.8 Å². The lowest BCUT2D eigenvalue weighted by atomic mass is 10.2. The van der Waals surface area contributed by atoms with E-state index in [0.717, 1.165) is 25.8 Å². The van der Waals surface area contributed by atoms with Crippen LogP contribution in [0, 0.1) is 10.1 Å². The van der Waals surface area contributed by atoms with E-state index in [1.165, 1.54) is 6.07 Å². The van der Waals surface area contributed by atoms with Gasteiger partial charge in [0.15, 0.2) is 0 Å². The van der Waals surface area contributed by atoms with Crippen LogP contribution in [-0.2, 0) is 0 Å². The number of nitrogens with zero attached hydrogens (tertiary/aromatic N) is 1. The van der Waals surface area contributed by atoms with Gasteiger partial charge in [0.2, 0.25) is 0 Å². The molecular weight excluding hydrogens is 232 g/mol. The fourth-order valence-electron chi connectivity index (χ4n) is 1.67. The molecule has 0 fully saturated rings. The molecule has 1 rings (SSSR count). The second-order valence-electron chi connectivity index (χ2n) is 4.00. The third-order valence-electron chi connectivity index (χ3n) is 2.57. The smallest absolute Gasteiger partial charge is 0.296 e. The van der Waals surface area contributed by atoms with Crippen molar-refractivity contribution in [1.29, 1.82) is 0 Å². The van der Waals surface area contributed by atoms with Gasteiger partial charge >= 0.3 is 0 Å². The van der Waals surface area contributed by atoms with Crippen LogP contribution < -0.4 is 10.1 Å². The van der Waals surface area contributed by atoms with E-state index in [1.807, 2.05) is 6.92 Å². The Labute approximate surface area is 107 Å². The molecule has 5 heteroatoms. The highest BCUT2D eigenvalue weighted by molar-refractivity contribution is 5.63. The van der Waals surface area contributed by atoms with Gasteiger partial charge in [-0.05, 0) is 25.5 Å². The first-order chi connectivity index (χ1) is 8.69. The first-order valence-corrected chi connectivity index (χ1v) is 6.34. The lowest BCUT2D eigenvalue weighted by molar-refractivity contribution is -0.384. The fourth-order valence-corrected chi connectivity index (χ4v) is 1.67. The van der Waals surface area contributed by atoms with Gasteiger partial charge in [-0.2, -0.15) is 0 Å². The number of unbranched alkanes of at least 4 members (excludes halogenated alkanes) is 2. The summed E-state index contributed by atoms with van der Waals surface area (Å²) in [6, 6.07) is 4.92. The molecule has 0 radical (unpaired) electrons.